The van der Waals surface area contributed by atoms with Crippen LogP contribution in [-0.2, 0) is 14.8 Å². The van der Waals surface area contributed by atoms with Gasteiger partial charge in [0.05, 0.1) is 19.5 Å². The van der Waals surface area contributed by atoms with Crippen LogP contribution in [-0.4, -0.2) is 52.4 Å². The fourth-order valence-corrected chi connectivity index (χ4v) is 2.95. The van der Waals surface area contributed by atoms with Crippen molar-refractivity contribution in [3.05, 3.63) is 34.9 Å². The highest BCUT2D eigenvalue weighted by molar-refractivity contribution is 7.88. The minimum absolute atomic E-state index is 0.0349. The van der Waals surface area contributed by atoms with E-state index in [0.29, 0.717) is 24.8 Å². The molecule has 0 saturated carbocycles. The number of rotatable bonds is 5. The maximum atomic E-state index is 11.3. The molecule has 1 fully saturated rings. The third kappa shape index (κ3) is 4.71. The summed E-state index contributed by atoms with van der Waals surface area (Å²) in [4.78, 5) is 2.22. The lowest BCUT2D eigenvalue weighted by molar-refractivity contribution is 0.0172. The molecule has 0 unspecified atom stereocenters. The molecule has 5 nitrogen and oxygen atoms in total. The Labute approximate surface area is 124 Å². The van der Waals surface area contributed by atoms with E-state index < -0.39 is 10.0 Å². The summed E-state index contributed by atoms with van der Waals surface area (Å²) in [5.41, 5.74) is 1.01. The number of sulfonamides is 1. The van der Waals surface area contributed by atoms with Gasteiger partial charge >= 0.3 is 0 Å². The minimum Gasteiger partial charge on any atom is -0.379 e. The van der Waals surface area contributed by atoms with Crippen LogP contribution in [0.25, 0.3) is 0 Å². The number of morpholine rings is 1. The number of hydrogen-bond donors (Lipinski definition) is 1. The summed E-state index contributed by atoms with van der Waals surface area (Å²) in [7, 11) is -3.22. The summed E-state index contributed by atoms with van der Waals surface area (Å²) in [5.74, 6) is 0. The van der Waals surface area contributed by atoms with Gasteiger partial charge in [0.1, 0.15) is 0 Å². The van der Waals surface area contributed by atoms with Gasteiger partial charge < -0.3 is 4.74 Å². The van der Waals surface area contributed by atoms with Crippen molar-refractivity contribution in [3.63, 3.8) is 0 Å². The number of nitrogens with one attached hydrogen (secondary N) is 1. The average molecular weight is 319 g/mol. The van der Waals surface area contributed by atoms with E-state index >= 15 is 0 Å². The van der Waals surface area contributed by atoms with Crippen LogP contribution >= 0.6 is 11.6 Å². The number of nitrogens with zero attached hydrogens (tertiary/aromatic N) is 1. The summed E-state index contributed by atoms with van der Waals surface area (Å²) < 4.78 is 30.6. The van der Waals surface area contributed by atoms with Gasteiger partial charge in [0.25, 0.3) is 0 Å². The molecule has 1 N–H and O–H groups in total. The molecule has 2 rings (SSSR count). The molecule has 1 aliphatic rings. The topological polar surface area (TPSA) is 58.6 Å². The quantitative estimate of drug-likeness (QED) is 0.888. The van der Waals surface area contributed by atoms with E-state index in [1.807, 2.05) is 24.3 Å². The van der Waals surface area contributed by atoms with Crippen molar-refractivity contribution in [1.29, 1.82) is 0 Å². The molecule has 1 aliphatic heterocycles. The summed E-state index contributed by atoms with van der Waals surface area (Å²) in [6, 6.07) is 7.51. The van der Waals surface area contributed by atoms with Gasteiger partial charge in [-0.1, -0.05) is 23.7 Å². The summed E-state index contributed by atoms with van der Waals surface area (Å²) >= 11 is 6.04. The molecule has 1 aromatic rings. The first-order valence-electron chi connectivity index (χ1n) is 6.47. The molecular weight excluding hydrogens is 300 g/mol. The Morgan fingerprint density at radius 3 is 2.70 bits per heavy atom. The lowest BCUT2D eigenvalue weighted by Gasteiger charge is -2.34. The second kappa shape index (κ2) is 6.87. The van der Waals surface area contributed by atoms with Crippen LogP contribution < -0.4 is 4.72 Å². The van der Waals surface area contributed by atoms with Gasteiger partial charge in [-0.3, -0.25) is 4.90 Å². The highest BCUT2D eigenvalue weighted by atomic mass is 35.5. The number of benzene rings is 1. The third-order valence-corrected chi connectivity index (χ3v) is 4.18. The largest absolute Gasteiger partial charge is 0.379 e. The number of ether oxygens (including phenoxy) is 1. The predicted octanol–water partition coefficient (Wildman–Crippen LogP) is 1.26. The van der Waals surface area contributed by atoms with Crippen molar-refractivity contribution in [2.45, 2.75) is 6.04 Å². The Hall–Kier alpha value is -0.660. The molecule has 20 heavy (non-hydrogen) atoms. The zero-order valence-electron chi connectivity index (χ0n) is 11.4. The van der Waals surface area contributed by atoms with Crippen LogP contribution in [0.4, 0.5) is 0 Å². The fraction of sp³-hybridized carbons (Fsp3) is 0.538. The van der Waals surface area contributed by atoms with Gasteiger partial charge in [0.2, 0.25) is 10.0 Å². The molecule has 0 radical (unpaired) electrons. The molecule has 0 bridgehead atoms. The van der Waals surface area contributed by atoms with E-state index in [9.17, 15) is 8.42 Å². The first-order chi connectivity index (χ1) is 9.46. The van der Waals surface area contributed by atoms with Crippen LogP contribution in [0.5, 0.6) is 0 Å². The van der Waals surface area contributed by atoms with Gasteiger partial charge in [0.15, 0.2) is 0 Å². The standard InChI is InChI=1S/C13H19ClN2O3S/c1-20(17,18)15-10-13(16-5-7-19-8-6-16)11-3-2-4-12(14)9-11/h2-4,9,13,15H,5-8,10H2,1H3/t13-/m0/s1. The van der Waals surface area contributed by atoms with E-state index in [1.165, 1.54) is 6.26 Å². The molecule has 1 atom stereocenters. The molecule has 0 aromatic heterocycles. The summed E-state index contributed by atoms with van der Waals surface area (Å²) in [6.07, 6.45) is 1.17. The molecular formula is C13H19ClN2O3S. The normalized spacial score (nSPS) is 18.9. The lowest BCUT2D eigenvalue weighted by Crippen LogP contribution is -2.43. The fourth-order valence-electron chi connectivity index (χ4n) is 2.29. The predicted molar refractivity (Wildman–Crippen MR) is 79.4 cm³/mol. The van der Waals surface area contributed by atoms with E-state index in [1.54, 1.807) is 0 Å². The summed E-state index contributed by atoms with van der Waals surface area (Å²) in [6.45, 7) is 3.22. The van der Waals surface area contributed by atoms with Gasteiger partial charge in [-0.05, 0) is 17.7 Å². The van der Waals surface area contributed by atoms with Crippen molar-refractivity contribution in [2.24, 2.45) is 0 Å². The molecule has 0 spiro atoms. The minimum atomic E-state index is -3.22. The molecule has 0 amide bonds. The third-order valence-electron chi connectivity index (χ3n) is 3.26. The van der Waals surface area contributed by atoms with Gasteiger partial charge in [0, 0.05) is 30.7 Å². The Balaban J connectivity index is 2.18. The lowest BCUT2D eigenvalue weighted by atomic mass is 10.1. The molecule has 1 heterocycles. The maximum absolute atomic E-state index is 11.3. The number of hydrogen-bond acceptors (Lipinski definition) is 4. The molecule has 1 aromatic carbocycles. The zero-order chi connectivity index (χ0) is 14.6. The van der Waals surface area contributed by atoms with Crippen LogP contribution in [0, 0.1) is 0 Å². The van der Waals surface area contributed by atoms with Crippen LogP contribution in [0.2, 0.25) is 5.02 Å². The average Bonchev–Trinajstić information content (AvgIpc) is 2.39. The molecule has 0 aliphatic carbocycles. The number of halogens is 1. The second-order valence-corrected chi connectivity index (χ2v) is 7.11. The van der Waals surface area contributed by atoms with Crippen molar-refractivity contribution in [2.75, 3.05) is 39.1 Å². The first-order valence-corrected chi connectivity index (χ1v) is 8.74. The van der Waals surface area contributed by atoms with Crippen LogP contribution in [0.3, 0.4) is 0 Å². The van der Waals surface area contributed by atoms with Crippen molar-refractivity contribution in [1.82, 2.24) is 9.62 Å². The molecule has 7 heteroatoms. The van der Waals surface area contributed by atoms with Gasteiger partial charge in [-0.2, -0.15) is 0 Å². The van der Waals surface area contributed by atoms with Crippen molar-refractivity contribution in [3.8, 4) is 0 Å². The Morgan fingerprint density at radius 2 is 2.10 bits per heavy atom. The van der Waals surface area contributed by atoms with Crippen molar-refractivity contribution >= 4 is 21.6 Å². The van der Waals surface area contributed by atoms with E-state index in [4.69, 9.17) is 16.3 Å². The Morgan fingerprint density at radius 1 is 1.40 bits per heavy atom. The van der Waals surface area contributed by atoms with Gasteiger partial charge in [-0.15, -0.1) is 0 Å². The van der Waals surface area contributed by atoms with E-state index in [0.717, 1.165) is 18.7 Å². The Kier molecular flexibility index (Phi) is 5.40. The smallest absolute Gasteiger partial charge is 0.208 e. The van der Waals surface area contributed by atoms with Crippen molar-refractivity contribution < 1.29 is 13.2 Å². The second-order valence-electron chi connectivity index (χ2n) is 4.84. The Bertz CT molecular complexity index is 544. The van der Waals surface area contributed by atoms with E-state index in [2.05, 4.69) is 9.62 Å². The molecule has 1 saturated heterocycles. The maximum Gasteiger partial charge on any atom is 0.208 e. The highest BCUT2D eigenvalue weighted by Gasteiger charge is 2.23. The van der Waals surface area contributed by atoms with Crippen LogP contribution in [0.1, 0.15) is 11.6 Å². The monoisotopic (exact) mass is 318 g/mol. The molecule has 112 valence electrons. The van der Waals surface area contributed by atoms with Gasteiger partial charge in [-0.25, -0.2) is 13.1 Å². The van der Waals surface area contributed by atoms with Crippen LogP contribution in [0.15, 0.2) is 24.3 Å². The summed E-state index contributed by atoms with van der Waals surface area (Å²) in [5, 5.41) is 0.653. The zero-order valence-corrected chi connectivity index (χ0v) is 13.0. The first kappa shape index (κ1) is 15.7. The SMILES string of the molecule is CS(=O)(=O)NC[C@@H](c1cccc(Cl)c1)N1CCOCC1. The highest BCUT2D eigenvalue weighted by Crippen LogP contribution is 2.24. The van der Waals surface area contributed by atoms with E-state index in [-0.39, 0.29) is 6.04 Å².